The van der Waals surface area contributed by atoms with Crippen molar-refractivity contribution in [3.63, 3.8) is 0 Å². The average molecular weight is 296 g/mol. The first-order valence-electron chi connectivity index (χ1n) is 6.59. The predicted molar refractivity (Wildman–Crippen MR) is 78.6 cm³/mol. The second-order valence-electron chi connectivity index (χ2n) is 5.03. The maximum atomic E-state index is 12.4. The first kappa shape index (κ1) is 14.7. The molecule has 1 heterocycles. The van der Waals surface area contributed by atoms with Crippen LogP contribution in [0.4, 0.5) is 5.69 Å². The zero-order valence-corrected chi connectivity index (χ0v) is 12.1. The number of anilines is 1. The van der Waals surface area contributed by atoms with Crippen LogP contribution < -0.4 is 11.1 Å². The number of carbonyl (C=O) groups is 2. The minimum absolute atomic E-state index is 0.0230. The highest BCUT2D eigenvalue weighted by molar-refractivity contribution is 6.33. The van der Waals surface area contributed by atoms with Crippen LogP contribution in [-0.2, 0) is 4.79 Å². The number of likely N-dealkylation sites (tertiary alicyclic amines) is 1. The number of benzene rings is 1. The van der Waals surface area contributed by atoms with Crippen LogP contribution in [0.3, 0.4) is 0 Å². The van der Waals surface area contributed by atoms with Crippen molar-refractivity contribution in [1.82, 2.24) is 10.2 Å². The summed E-state index contributed by atoms with van der Waals surface area (Å²) in [4.78, 5) is 25.2. The van der Waals surface area contributed by atoms with Gasteiger partial charge in [-0.1, -0.05) is 11.6 Å². The Kier molecular flexibility index (Phi) is 4.49. The van der Waals surface area contributed by atoms with E-state index < -0.39 is 0 Å². The van der Waals surface area contributed by atoms with Gasteiger partial charge in [0, 0.05) is 31.6 Å². The molecule has 2 rings (SSSR count). The number of piperidine rings is 1. The van der Waals surface area contributed by atoms with Crippen molar-refractivity contribution < 1.29 is 9.59 Å². The molecule has 0 bridgehead atoms. The molecule has 0 aliphatic carbocycles. The topological polar surface area (TPSA) is 75.4 Å². The molecule has 5 nitrogen and oxygen atoms in total. The summed E-state index contributed by atoms with van der Waals surface area (Å²) in [6.45, 7) is 2.71. The molecule has 1 unspecified atom stereocenters. The van der Waals surface area contributed by atoms with Gasteiger partial charge in [-0.05, 0) is 31.0 Å². The van der Waals surface area contributed by atoms with E-state index in [1.807, 2.05) is 0 Å². The van der Waals surface area contributed by atoms with Crippen LogP contribution in [0, 0.1) is 0 Å². The van der Waals surface area contributed by atoms with E-state index in [1.54, 1.807) is 23.1 Å². The number of nitrogens with two attached hydrogens (primary N) is 1. The first-order valence-corrected chi connectivity index (χ1v) is 6.96. The van der Waals surface area contributed by atoms with Gasteiger partial charge in [-0.2, -0.15) is 0 Å². The molecule has 1 aromatic carbocycles. The van der Waals surface area contributed by atoms with Crippen LogP contribution >= 0.6 is 11.6 Å². The molecule has 20 heavy (non-hydrogen) atoms. The molecular formula is C14H18ClN3O2. The van der Waals surface area contributed by atoms with E-state index in [0.717, 1.165) is 12.8 Å². The molecular weight excluding hydrogens is 278 g/mol. The zero-order chi connectivity index (χ0) is 14.7. The Morgan fingerprint density at radius 2 is 2.20 bits per heavy atom. The summed E-state index contributed by atoms with van der Waals surface area (Å²) < 4.78 is 0. The van der Waals surface area contributed by atoms with Gasteiger partial charge in [0.2, 0.25) is 5.91 Å². The fourth-order valence-electron chi connectivity index (χ4n) is 2.43. The Labute approximate surface area is 123 Å². The van der Waals surface area contributed by atoms with Crippen molar-refractivity contribution in [3.05, 3.63) is 28.8 Å². The third-order valence-electron chi connectivity index (χ3n) is 3.36. The molecule has 2 amide bonds. The van der Waals surface area contributed by atoms with Crippen molar-refractivity contribution in [1.29, 1.82) is 0 Å². The number of nitrogen functional groups attached to an aromatic ring is 1. The van der Waals surface area contributed by atoms with Crippen molar-refractivity contribution in [2.45, 2.75) is 25.8 Å². The van der Waals surface area contributed by atoms with Gasteiger partial charge in [-0.3, -0.25) is 9.59 Å². The number of hydrogen-bond acceptors (Lipinski definition) is 3. The molecule has 0 spiro atoms. The van der Waals surface area contributed by atoms with E-state index in [1.165, 1.54) is 6.92 Å². The summed E-state index contributed by atoms with van der Waals surface area (Å²) in [5.41, 5.74) is 6.64. The van der Waals surface area contributed by atoms with Gasteiger partial charge < -0.3 is 16.0 Å². The van der Waals surface area contributed by atoms with E-state index in [9.17, 15) is 9.59 Å². The van der Waals surface area contributed by atoms with Crippen molar-refractivity contribution in [3.8, 4) is 0 Å². The van der Waals surface area contributed by atoms with Gasteiger partial charge >= 0.3 is 0 Å². The van der Waals surface area contributed by atoms with Crippen LogP contribution in [0.5, 0.6) is 0 Å². The molecule has 1 aromatic rings. The van der Waals surface area contributed by atoms with Gasteiger partial charge in [0.1, 0.15) is 0 Å². The minimum Gasteiger partial charge on any atom is -0.398 e. The molecule has 0 radical (unpaired) electrons. The lowest BCUT2D eigenvalue weighted by molar-refractivity contribution is -0.120. The Hall–Kier alpha value is -1.75. The summed E-state index contributed by atoms with van der Waals surface area (Å²) in [7, 11) is 0. The number of hydrogen-bond donors (Lipinski definition) is 2. The van der Waals surface area contributed by atoms with Crippen LogP contribution in [0.1, 0.15) is 30.1 Å². The lowest BCUT2D eigenvalue weighted by Gasteiger charge is -2.33. The van der Waals surface area contributed by atoms with Crippen LogP contribution in [-0.4, -0.2) is 35.8 Å². The van der Waals surface area contributed by atoms with E-state index in [4.69, 9.17) is 17.3 Å². The Bertz CT molecular complexity index is 533. The predicted octanol–water partition coefficient (Wildman–Crippen LogP) is 1.66. The molecule has 0 saturated carbocycles. The summed E-state index contributed by atoms with van der Waals surface area (Å²) in [6.07, 6.45) is 1.77. The number of amides is 2. The molecule has 0 aromatic heterocycles. The third kappa shape index (κ3) is 3.42. The fraction of sp³-hybridized carbons (Fsp3) is 0.429. The number of nitrogens with zero attached hydrogens (tertiary/aromatic N) is 1. The second kappa shape index (κ2) is 6.13. The molecule has 3 N–H and O–H groups in total. The Balaban J connectivity index is 2.08. The molecule has 1 atom stereocenters. The smallest absolute Gasteiger partial charge is 0.254 e. The van der Waals surface area contributed by atoms with Gasteiger partial charge in [-0.15, -0.1) is 0 Å². The minimum atomic E-state index is -0.0802. The average Bonchev–Trinajstić information content (AvgIpc) is 2.40. The van der Waals surface area contributed by atoms with Gasteiger partial charge in [0.15, 0.2) is 0 Å². The summed E-state index contributed by atoms with van der Waals surface area (Å²) in [6, 6.07) is 4.91. The lowest BCUT2D eigenvalue weighted by Crippen LogP contribution is -2.49. The molecule has 1 aliphatic heterocycles. The summed E-state index contributed by atoms with van der Waals surface area (Å²) >= 11 is 5.85. The van der Waals surface area contributed by atoms with Crippen molar-refractivity contribution in [2.24, 2.45) is 0 Å². The zero-order valence-electron chi connectivity index (χ0n) is 11.4. The first-order chi connectivity index (χ1) is 9.47. The summed E-state index contributed by atoms with van der Waals surface area (Å²) in [5, 5.41) is 3.30. The number of halogens is 1. The SMILES string of the molecule is CC(=O)NC1CCCN(C(=O)c2ccc(Cl)c(N)c2)C1. The quantitative estimate of drug-likeness (QED) is 0.815. The Morgan fingerprint density at radius 3 is 2.85 bits per heavy atom. The lowest BCUT2D eigenvalue weighted by atomic mass is 10.0. The maximum absolute atomic E-state index is 12.4. The highest BCUT2D eigenvalue weighted by Crippen LogP contribution is 2.21. The number of carbonyl (C=O) groups excluding carboxylic acids is 2. The van der Waals surface area contributed by atoms with Gasteiger partial charge in [-0.25, -0.2) is 0 Å². The summed E-state index contributed by atoms with van der Waals surface area (Å²) in [5.74, 6) is -0.150. The molecule has 1 saturated heterocycles. The van der Waals surface area contributed by atoms with Crippen LogP contribution in [0.2, 0.25) is 5.02 Å². The fourth-order valence-corrected chi connectivity index (χ4v) is 2.54. The van der Waals surface area contributed by atoms with E-state index >= 15 is 0 Å². The second-order valence-corrected chi connectivity index (χ2v) is 5.43. The van der Waals surface area contributed by atoms with Gasteiger partial charge in [0.05, 0.1) is 10.7 Å². The van der Waals surface area contributed by atoms with E-state index in [0.29, 0.717) is 29.4 Å². The van der Waals surface area contributed by atoms with Crippen molar-refractivity contribution >= 4 is 29.1 Å². The van der Waals surface area contributed by atoms with E-state index in [-0.39, 0.29) is 17.9 Å². The van der Waals surface area contributed by atoms with Gasteiger partial charge in [0.25, 0.3) is 5.91 Å². The monoisotopic (exact) mass is 295 g/mol. The van der Waals surface area contributed by atoms with Crippen LogP contribution in [0.25, 0.3) is 0 Å². The maximum Gasteiger partial charge on any atom is 0.254 e. The van der Waals surface area contributed by atoms with Crippen molar-refractivity contribution in [2.75, 3.05) is 18.8 Å². The normalized spacial score (nSPS) is 18.7. The van der Waals surface area contributed by atoms with Crippen LogP contribution in [0.15, 0.2) is 18.2 Å². The highest BCUT2D eigenvalue weighted by atomic mass is 35.5. The molecule has 108 valence electrons. The molecule has 1 aliphatic rings. The largest absolute Gasteiger partial charge is 0.398 e. The van der Waals surface area contributed by atoms with E-state index in [2.05, 4.69) is 5.32 Å². The standard InChI is InChI=1S/C14H18ClN3O2/c1-9(19)17-11-3-2-6-18(8-11)14(20)10-4-5-12(15)13(16)7-10/h4-5,7,11H,2-3,6,8,16H2,1H3,(H,17,19). The number of nitrogens with one attached hydrogen (secondary N) is 1. The molecule has 1 fully saturated rings. The number of rotatable bonds is 2. The molecule has 6 heteroatoms. The Morgan fingerprint density at radius 1 is 1.45 bits per heavy atom. The highest BCUT2D eigenvalue weighted by Gasteiger charge is 2.25. The third-order valence-corrected chi connectivity index (χ3v) is 3.70.